The first-order chi connectivity index (χ1) is 12.0. The van der Waals surface area contributed by atoms with E-state index in [0.29, 0.717) is 5.56 Å². The van der Waals surface area contributed by atoms with E-state index in [0.717, 1.165) is 21.0 Å². The zero-order valence-electron chi connectivity index (χ0n) is 14.1. The third kappa shape index (κ3) is 3.86. The molecule has 0 radical (unpaired) electrons. The molecule has 0 spiro atoms. The predicted molar refractivity (Wildman–Crippen MR) is 101 cm³/mol. The molecular formula is C19H17NO3S2. The number of benzene rings is 1. The summed E-state index contributed by atoms with van der Waals surface area (Å²) < 4.78 is 5.34. The van der Waals surface area contributed by atoms with Gasteiger partial charge >= 0.3 is 5.97 Å². The Morgan fingerprint density at radius 3 is 2.68 bits per heavy atom. The fourth-order valence-corrected chi connectivity index (χ4v) is 3.98. The Morgan fingerprint density at radius 1 is 1.16 bits per heavy atom. The number of nitrogens with zero attached hydrogens (tertiary/aromatic N) is 1. The first kappa shape index (κ1) is 17.5. The van der Waals surface area contributed by atoms with Crippen LogP contribution in [0.25, 0.3) is 9.88 Å². The fraction of sp³-hybridized carbons (Fsp3) is 0.211. The molecule has 0 saturated heterocycles. The van der Waals surface area contributed by atoms with Crippen molar-refractivity contribution in [3.63, 3.8) is 0 Å². The van der Waals surface area contributed by atoms with E-state index in [1.807, 2.05) is 49.6 Å². The van der Waals surface area contributed by atoms with Crippen LogP contribution in [0.3, 0.4) is 0 Å². The van der Waals surface area contributed by atoms with E-state index in [-0.39, 0.29) is 11.5 Å². The van der Waals surface area contributed by atoms with Crippen LogP contribution in [-0.2, 0) is 4.74 Å². The summed E-state index contributed by atoms with van der Waals surface area (Å²) in [4.78, 5) is 30.2. The summed E-state index contributed by atoms with van der Waals surface area (Å²) in [6, 6.07) is 9.55. The minimum Gasteiger partial charge on any atom is -0.450 e. The molecule has 0 saturated carbocycles. The van der Waals surface area contributed by atoms with Crippen molar-refractivity contribution in [2.75, 3.05) is 0 Å². The minimum atomic E-state index is -0.861. The number of ether oxygens (including phenoxy) is 1. The summed E-state index contributed by atoms with van der Waals surface area (Å²) in [7, 11) is 0. The summed E-state index contributed by atoms with van der Waals surface area (Å²) in [5.41, 5.74) is 2.67. The van der Waals surface area contributed by atoms with Gasteiger partial charge < -0.3 is 4.74 Å². The first-order valence-electron chi connectivity index (χ1n) is 7.77. The van der Waals surface area contributed by atoms with E-state index < -0.39 is 12.1 Å². The fourth-order valence-electron chi connectivity index (χ4n) is 2.38. The summed E-state index contributed by atoms with van der Waals surface area (Å²) in [6.45, 7) is 5.39. The molecule has 1 aromatic carbocycles. The molecule has 2 aromatic heterocycles. The summed E-state index contributed by atoms with van der Waals surface area (Å²) in [5.74, 6) is -0.784. The molecule has 0 amide bonds. The van der Waals surface area contributed by atoms with E-state index >= 15 is 0 Å². The highest BCUT2D eigenvalue weighted by atomic mass is 32.1. The number of ketones is 1. The van der Waals surface area contributed by atoms with Gasteiger partial charge in [0.1, 0.15) is 5.01 Å². The van der Waals surface area contributed by atoms with Gasteiger partial charge in [-0.2, -0.15) is 0 Å². The molecule has 0 unspecified atom stereocenters. The highest BCUT2D eigenvalue weighted by Crippen LogP contribution is 2.28. The van der Waals surface area contributed by atoms with Gasteiger partial charge in [-0.3, -0.25) is 4.79 Å². The average Bonchev–Trinajstić information content (AvgIpc) is 3.27. The molecule has 0 aliphatic carbocycles. The smallest absolute Gasteiger partial charge is 0.358 e. The maximum Gasteiger partial charge on any atom is 0.358 e. The van der Waals surface area contributed by atoms with Crippen LogP contribution in [0.5, 0.6) is 0 Å². The monoisotopic (exact) mass is 371 g/mol. The van der Waals surface area contributed by atoms with Crippen LogP contribution in [0.15, 0.2) is 41.1 Å². The number of rotatable bonds is 5. The third-order valence-corrected chi connectivity index (χ3v) is 5.64. The SMILES string of the molecule is Cc1ccc(C)c(C(=O)[C@H](C)OC(=O)c2csc(-c3cccs3)n2)c1. The van der Waals surface area contributed by atoms with Crippen LogP contribution in [0.4, 0.5) is 0 Å². The molecule has 0 aliphatic heterocycles. The van der Waals surface area contributed by atoms with Gasteiger partial charge in [-0.25, -0.2) is 9.78 Å². The molecular weight excluding hydrogens is 354 g/mol. The number of carbonyl (C=O) groups is 2. The highest BCUT2D eigenvalue weighted by molar-refractivity contribution is 7.20. The van der Waals surface area contributed by atoms with Crippen LogP contribution in [0.1, 0.15) is 38.9 Å². The molecule has 0 N–H and O–H groups in total. The van der Waals surface area contributed by atoms with Gasteiger partial charge in [0, 0.05) is 10.9 Å². The Labute approximate surface area is 154 Å². The Morgan fingerprint density at radius 2 is 1.96 bits per heavy atom. The van der Waals surface area contributed by atoms with Crippen molar-refractivity contribution in [1.82, 2.24) is 4.98 Å². The number of esters is 1. The number of aromatic nitrogens is 1. The number of hydrogen-bond donors (Lipinski definition) is 0. The van der Waals surface area contributed by atoms with Gasteiger partial charge in [-0.1, -0.05) is 23.8 Å². The number of carbonyl (C=O) groups excluding carboxylic acids is 2. The quantitative estimate of drug-likeness (QED) is 0.472. The van der Waals surface area contributed by atoms with Crippen LogP contribution < -0.4 is 0 Å². The van der Waals surface area contributed by atoms with E-state index in [9.17, 15) is 9.59 Å². The zero-order valence-corrected chi connectivity index (χ0v) is 15.7. The van der Waals surface area contributed by atoms with Gasteiger partial charge in [-0.05, 0) is 43.8 Å². The van der Waals surface area contributed by atoms with E-state index in [1.165, 1.54) is 11.3 Å². The van der Waals surface area contributed by atoms with Gasteiger partial charge in [0.05, 0.1) is 4.88 Å². The van der Waals surface area contributed by atoms with E-state index in [4.69, 9.17) is 4.74 Å². The maximum atomic E-state index is 12.6. The maximum absolute atomic E-state index is 12.6. The normalized spacial score (nSPS) is 12.0. The molecule has 128 valence electrons. The zero-order chi connectivity index (χ0) is 18.0. The Balaban J connectivity index is 1.72. The summed E-state index contributed by atoms with van der Waals surface area (Å²) in [6.07, 6.45) is -0.861. The molecule has 1 atom stereocenters. The molecule has 3 rings (SSSR count). The number of thiophene rings is 1. The molecule has 2 heterocycles. The third-order valence-electron chi connectivity index (χ3n) is 3.76. The minimum absolute atomic E-state index is 0.205. The largest absolute Gasteiger partial charge is 0.450 e. The second-order valence-corrected chi connectivity index (χ2v) is 7.55. The lowest BCUT2D eigenvalue weighted by molar-refractivity contribution is 0.0313. The first-order valence-corrected chi connectivity index (χ1v) is 9.53. The van der Waals surface area contributed by atoms with Crippen LogP contribution in [0.2, 0.25) is 0 Å². The summed E-state index contributed by atoms with van der Waals surface area (Å²) >= 11 is 2.95. The van der Waals surface area contributed by atoms with Gasteiger partial charge in [0.25, 0.3) is 0 Å². The predicted octanol–water partition coefficient (Wildman–Crippen LogP) is 4.92. The molecule has 0 aliphatic rings. The lowest BCUT2D eigenvalue weighted by Crippen LogP contribution is -2.25. The Hall–Kier alpha value is -2.31. The number of thiazole rings is 1. The lowest BCUT2D eigenvalue weighted by atomic mass is 9.99. The van der Waals surface area contributed by atoms with Crippen molar-refractivity contribution in [3.8, 4) is 9.88 Å². The molecule has 4 nitrogen and oxygen atoms in total. The van der Waals surface area contributed by atoms with Crippen molar-refractivity contribution in [2.24, 2.45) is 0 Å². The van der Waals surface area contributed by atoms with Crippen LogP contribution in [-0.4, -0.2) is 22.8 Å². The van der Waals surface area contributed by atoms with Crippen molar-refractivity contribution >= 4 is 34.4 Å². The molecule has 6 heteroatoms. The average molecular weight is 371 g/mol. The van der Waals surface area contributed by atoms with Crippen molar-refractivity contribution in [2.45, 2.75) is 26.9 Å². The van der Waals surface area contributed by atoms with Crippen molar-refractivity contribution in [3.05, 3.63) is 63.5 Å². The van der Waals surface area contributed by atoms with E-state index in [2.05, 4.69) is 4.98 Å². The number of hydrogen-bond acceptors (Lipinski definition) is 6. The van der Waals surface area contributed by atoms with E-state index in [1.54, 1.807) is 23.6 Å². The van der Waals surface area contributed by atoms with Crippen LogP contribution >= 0.6 is 22.7 Å². The Bertz CT molecular complexity index is 913. The lowest BCUT2D eigenvalue weighted by Gasteiger charge is -2.13. The summed E-state index contributed by atoms with van der Waals surface area (Å²) in [5, 5.41) is 4.39. The number of Topliss-reactive ketones (excluding diaryl/α,β-unsaturated/α-hetero) is 1. The number of aryl methyl sites for hydroxylation is 2. The molecule has 25 heavy (non-hydrogen) atoms. The second-order valence-electron chi connectivity index (χ2n) is 5.75. The molecule has 0 fully saturated rings. The second kappa shape index (κ2) is 7.29. The van der Waals surface area contributed by atoms with Crippen molar-refractivity contribution < 1.29 is 14.3 Å². The highest BCUT2D eigenvalue weighted by Gasteiger charge is 2.23. The van der Waals surface area contributed by atoms with Gasteiger partial charge in [0.15, 0.2) is 11.8 Å². The molecule has 0 bridgehead atoms. The Kier molecular flexibility index (Phi) is 5.11. The van der Waals surface area contributed by atoms with Gasteiger partial charge in [-0.15, -0.1) is 22.7 Å². The van der Waals surface area contributed by atoms with Crippen molar-refractivity contribution in [1.29, 1.82) is 0 Å². The molecule has 3 aromatic rings. The standard InChI is InChI=1S/C19H17NO3S2/c1-11-6-7-12(2)14(9-11)17(21)13(3)23-19(22)15-10-25-18(20-15)16-5-4-8-24-16/h4-10,13H,1-3H3/t13-/m0/s1. The van der Waals surface area contributed by atoms with Gasteiger partial charge in [0.2, 0.25) is 5.78 Å². The van der Waals surface area contributed by atoms with Crippen LogP contribution in [0, 0.1) is 13.8 Å². The topological polar surface area (TPSA) is 56.3 Å².